The quantitative estimate of drug-likeness (QED) is 0.137. The number of benzene rings is 2. The van der Waals surface area contributed by atoms with E-state index in [-0.39, 0.29) is 11.5 Å². The molecular formula is C22H21N3O12. The molecule has 0 fully saturated rings. The third kappa shape index (κ3) is 5.77. The van der Waals surface area contributed by atoms with Crippen LogP contribution < -0.4 is 9.47 Å². The van der Waals surface area contributed by atoms with E-state index in [1.807, 2.05) is 0 Å². The number of hydrogen-bond donors (Lipinski definition) is 0. The maximum Gasteiger partial charge on any atom is 0.380 e. The van der Waals surface area contributed by atoms with Gasteiger partial charge in [-0.15, -0.1) is 0 Å². The second kappa shape index (κ2) is 11.6. The number of Topliss-reactive ketones (excluding diaryl/α,β-unsaturated/α-hetero) is 1. The van der Waals surface area contributed by atoms with Crippen LogP contribution in [0.5, 0.6) is 11.5 Å². The van der Waals surface area contributed by atoms with Crippen molar-refractivity contribution in [2.75, 3.05) is 27.9 Å². The SMILES string of the molecule is COC(=O)COc1ccccc1OC(C(C)=O)(C(=O)OC)N(C)C(=O)c1ccc([N+](=O)[O-])c([N+](=O)[O-])c1. The summed E-state index contributed by atoms with van der Waals surface area (Å²) in [4.78, 5) is 71.5. The number of nitrogens with zero attached hydrogens (tertiary/aromatic N) is 3. The van der Waals surface area contributed by atoms with Crippen molar-refractivity contribution in [1.29, 1.82) is 0 Å². The first-order valence-corrected chi connectivity index (χ1v) is 10.2. The van der Waals surface area contributed by atoms with E-state index in [2.05, 4.69) is 4.74 Å². The first kappa shape index (κ1) is 28.2. The lowest BCUT2D eigenvalue weighted by atomic mass is 10.0. The molecule has 0 radical (unpaired) electrons. The molecule has 0 aliphatic heterocycles. The summed E-state index contributed by atoms with van der Waals surface area (Å²) in [6, 6.07) is 7.86. The molecule has 2 aromatic carbocycles. The Morgan fingerprint density at radius 1 is 0.919 bits per heavy atom. The zero-order valence-corrected chi connectivity index (χ0v) is 20.0. The normalized spacial score (nSPS) is 11.9. The fourth-order valence-corrected chi connectivity index (χ4v) is 3.14. The molecule has 0 heterocycles. The van der Waals surface area contributed by atoms with Crippen LogP contribution in [0.2, 0.25) is 0 Å². The second-order valence-corrected chi connectivity index (χ2v) is 7.19. The molecule has 2 rings (SSSR count). The zero-order chi connectivity index (χ0) is 27.9. The van der Waals surface area contributed by atoms with Gasteiger partial charge < -0.3 is 18.9 Å². The Kier molecular flexibility index (Phi) is 8.80. The average molecular weight is 519 g/mol. The van der Waals surface area contributed by atoms with Crippen LogP contribution in [0.15, 0.2) is 42.5 Å². The van der Waals surface area contributed by atoms with Crippen molar-refractivity contribution in [3.8, 4) is 11.5 Å². The van der Waals surface area contributed by atoms with Gasteiger partial charge in [0.2, 0.25) is 5.78 Å². The van der Waals surface area contributed by atoms with E-state index in [1.54, 1.807) is 0 Å². The van der Waals surface area contributed by atoms with Gasteiger partial charge in [-0.3, -0.25) is 34.7 Å². The van der Waals surface area contributed by atoms with Crippen molar-refractivity contribution in [3.05, 3.63) is 68.3 Å². The predicted octanol–water partition coefficient (Wildman–Crippen LogP) is 1.66. The summed E-state index contributed by atoms with van der Waals surface area (Å²) in [6.45, 7) is 0.375. The highest BCUT2D eigenvalue weighted by Crippen LogP contribution is 2.34. The molecule has 1 unspecified atom stereocenters. The van der Waals surface area contributed by atoms with Crippen LogP contribution in [0.3, 0.4) is 0 Å². The molecule has 196 valence electrons. The second-order valence-electron chi connectivity index (χ2n) is 7.19. The van der Waals surface area contributed by atoms with Crippen molar-refractivity contribution in [2.45, 2.75) is 12.6 Å². The molecule has 0 spiro atoms. The molecule has 0 aliphatic carbocycles. The van der Waals surface area contributed by atoms with Crippen molar-refractivity contribution in [3.63, 3.8) is 0 Å². The number of ether oxygens (including phenoxy) is 4. The van der Waals surface area contributed by atoms with Crippen molar-refractivity contribution in [1.82, 2.24) is 4.90 Å². The van der Waals surface area contributed by atoms with Gasteiger partial charge in [-0.05, 0) is 18.2 Å². The van der Waals surface area contributed by atoms with Crippen molar-refractivity contribution < 1.29 is 48.0 Å². The molecule has 0 aliphatic rings. The van der Waals surface area contributed by atoms with Crippen LogP contribution in [0.1, 0.15) is 17.3 Å². The van der Waals surface area contributed by atoms with E-state index < -0.39 is 62.7 Å². The van der Waals surface area contributed by atoms with Gasteiger partial charge in [-0.1, -0.05) is 12.1 Å². The lowest BCUT2D eigenvalue weighted by Gasteiger charge is -2.37. The highest BCUT2D eigenvalue weighted by atomic mass is 16.6. The van der Waals surface area contributed by atoms with Crippen LogP contribution >= 0.6 is 0 Å². The summed E-state index contributed by atoms with van der Waals surface area (Å²) < 4.78 is 20.3. The summed E-state index contributed by atoms with van der Waals surface area (Å²) in [7, 11) is 3.05. The number of nitro groups is 2. The summed E-state index contributed by atoms with van der Waals surface area (Å²) in [5.74, 6) is -4.61. The van der Waals surface area contributed by atoms with Crippen molar-refractivity contribution in [2.24, 2.45) is 0 Å². The third-order valence-corrected chi connectivity index (χ3v) is 5.01. The molecule has 0 saturated heterocycles. The lowest BCUT2D eigenvalue weighted by Crippen LogP contribution is -2.64. The average Bonchev–Trinajstić information content (AvgIpc) is 2.88. The van der Waals surface area contributed by atoms with E-state index in [1.165, 1.54) is 24.3 Å². The van der Waals surface area contributed by atoms with E-state index >= 15 is 0 Å². The van der Waals surface area contributed by atoms with Gasteiger partial charge in [0.05, 0.1) is 24.1 Å². The fraction of sp³-hybridized carbons (Fsp3) is 0.273. The maximum atomic E-state index is 13.3. The predicted molar refractivity (Wildman–Crippen MR) is 122 cm³/mol. The summed E-state index contributed by atoms with van der Waals surface area (Å²) in [5, 5.41) is 22.4. The number of likely N-dealkylation sites (N-methyl/N-ethyl adjacent to an activating group) is 1. The van der Waals surface area contributed by atoms with Crippen LogP contribution in [-0.4, -0.2) is 72.0 Å². The van der Waals surface area contributed by atoms with Gasteiger partial charge in [0, 0.05) is 31.7 Å². The molecule has 15 nitrogen and oxygen atoms in total. The number of esters is 2. The Morgan fingerprint density at radius 3 is 2.03 bits per heavy atom. The summed E-state index contributed by atoms with van der Waals surface area (Å²) in [5.41, 5.74) is -5.10. The third-order valence-electron chi connectivity index (χ3n) is 5.01. The number of ketones is 1. The Balaban J connectivity index is 2.61. The fourth-order valence-electron chi connectivity index (χ4n) is 3.14. The molecule has 15 heteroatoms. The summed E-state index contributed by atoms with van der Waals surface area (Å²) >= 11 is 0. The monoisotopic (exact) mass is 519 g/mol. The molecule has 0 saturated carbocycles. The minimum absolute atomic E-state index is 0.103. The molecule has 0 bridgehead atoms. The van der Waals surface area contributed by atoms with E-state index in [9.17, 15) is 39.4 Å². The molecule has 1 amide bonds. The number of nitro benzene ring substituents is 2. The highest BCUT2D eigenvalue weighted by molar-refractivity contribution is 6.10. The number of methoxy groups -OCH3 is 2. The van der Waals surface area contributed by atoms with Crippen molar-refractivity contribution >= 4 is 35.0 Å². The van der Waals surface area contributed by atoms with E-state index in [0.717, 1.165) is 40.3 Å². The first-order chi connectivity index (χ1) is 17.4. The minimum Gasteiger partial charge on any atom is -0.478 e. The largest absolute Gasteiger partial charge is 0.478 e. The molecule has 0 aromatic heterocycles. The van der Waals surface area contributed by atoms with Gasteiger partial charge >= 0.3 is 29.0 Å². The number of carbonyl (C=O) groups is 4. The van der Waals surface area contributed by atoms with Gasteiger partial charge in [-0.25, -0.2) is 9.59 Å². The Labute approximate surface area is 208 Å². The van der Waals surface area contributed by atoms with Gasteiger partial charge in [-0.2, -0.15) is 0 Å². The number of amides is 1. The van der Waals surface area contributed by atoms with Crippen LogP contribution in [0, 0.1) is 20.2 Å². The molecule has 0 N–H and O–H groups in total. The van der Waals surface area contributed by atoms with Crippen LogP contribution in [0.25, 0.3) is 0 Å². The number of hydrogen-bond acceptors (Lipinski definition) is 12. The molecular weight excluding hydrogens is 498 g/mol. The molecule has 1 atom stereocenters. The van der Waals surface area contributed by atoms with Crippen LogP contribution in [-0.2, 0) is 23.9 Å². The standard InChI is InChI=1S/C22H21N3O12/c1-13(26)22(21(29)35-4,37-18-8-6-5-7-17(18)36-12-19(27)34-3)23(2)20(28)14-9-10-15(24(30)31)16(11-14)25(32)33/h5-11H,12H2,1-4H3. The zero-order valence-electron chi connectivity index (χ0n) is 20.0. The maximum absolute atomic E-state index is 13.3. The van der Waals surface area contributed by atoms with E-state index in [4.69, 9.17) is 14.2 Å². The Morgan fingerprint density at radius 2 is 1.51 bits per heavy atom. The first-order valence-electron chi connectivity index (χ1n) is 10.2. The smallest absolute Gasteiger partial charge is 0.380 e. The van der Waals surface area contributed by atoms with Gasteiger partial charge in [0.15, 0.2) is 18.1 Å². The number of para-hydroxylation sites is 2. The Bertz CT molecular complexity index is 1260. The summed E-state index contributed by atoms with van der Waals surface area (Å²) in [6.07, 6.45) is 0. The molecule has 37 heavy (non-hydrogen) atoms. The van der Waals surface area contributed by atoms with Crippen LogP contribution in [0.4, 0.5) is 11.4 Å². The van der Waals surface area contributed by atoms with Gasteiger partial charge in [0.25, 0.3) is 5.91 Å². The lowest BCUT2D eigenvalue weighted by molar-refractivity contribution is -0.422. The number of carbonyl (C=O) groups excluding carboxylic acids is 4. The highest BCUT2D eigenvalue weighted by Gasteiger charge is 2.54. The Hall–Kier alpha value is -5.08. The topological polar surface area (TPSA) is 195 Å². The minimum atomic E-state index is -2.77. The number of rotatable bonds is 11. The van der Waals surface area contributed by atoms with Gasteiger partial charge in [0.1, 0.15) is 0 Å². The molecule has 2 aromatic rings. The van der Waals surface area contributed by atoms with E-state index in [0.29, 0.717) is 11.0 Å².